The van der Waals surface area contributed by atoms with E-state index in [1.165, 1.54) is 23.9 Å². The summed E-state index contributed by atoms with van der Waals surface area (Å²) in [4.78, 5) is 0. The number of amidine groups is 1. The zero-order valence-corrected chi connectivity index (χ0v) is 16.3. The van der Waals surface area contributed by atoms with E-state index in [9.17, 15) is 8.78 Å². The van der Waals surface area contributed by atoms with Gasteiger partial charge in [0.1, 0.15) is 24.0 Å². The van der Waals surface area contributed by atoms with Crippen LogP contribution in [-0.4, -0.2) is 11.4 Å². The van der Waals surface area contributed by atoms with Crippen LogP contribution in [0.1, 0.15) is 16.7 Å². The minimum atomic E-state index is -0.630. The van der Waals surface area contributed by atoms with Gasteiger partial charge >= 0.3 is 0 Å². The molecule has 3 aromatic rings. The predicted octanol–water partition coefficient (Wildman–Crippen LogP) is 5.13. The van der Waals surface area contributed by atoms with Crippen molar-refractivity contribution in [3.63, 3.8) is 0 Å². The summed E-state index contributed by atoms with van der Waals surface area (Å²) < 4.78 is 32.1. The molecule has 3 aromatic carbocycles. The van der Waals surface area contributed by atoms with E-state index in [-0.39, 0.29) is 12.2 Å². The molecular weight excluding hydrogens is 392 g/mol. The van der Waals surface area contributed by atoms with Gasteiger partial charge in [-0.2, -0.15) is 5.10 Å². The highest BCUT2D eigenvalue weighted by Gasteiger charge is 2.04. The number of nitrogens with two attached hydrogens (primary N) is 1. The number of nitrogens with zero attached hydrogens (tertiary/aromatic N) is 2. The molecule has 0 saturated carbocycles. The Morgan fingerprint density at radius 2 is 1.76 bits per heavy atom. The average Bonchev–Trinajstić information content (AvgIpc) is 2.73. The number of benzene rings is 3. The van der Waals surface area contributed by atoms with Gasteiger partial charge in [-0.3, -0.25) is 0 Å². The molecule has 7 heteroatoms. The minimum absolute atomic E-state index is 0.0129. The van der Waals surface area contributed by atoms with Crippen LogP contribution in [0, 0.1) is 11.6 Å². The lowest BCUT2D eigenvalue weighted by Crippen LogP contribution is -2.06. The summed E-state index contributed by atoms with van der Waals surface area (Å²) in [6, 6.07) is 20.4. The third kappa shape index (κ3) is 6.73. The number of thioether (sulfide) groups is 1. The Kier molecular flexibility index (Phi) is 7.35. The van der Waals surface area contributed by atoms with E-state index < -0.39 is 11.6 Å². The molecule has 0 atom stereocenters. The van der Waals surface area contributed by atoms with Crippen molar-refractivity contribution < 1.29 is 13.5 Å². The van der Waals surface area contributed by atoms with E-state index in [2.05, 4.69) is 10.2 Å². The molecule has 0 aromatic heterocycles. The SMILES string of the molecule is NC(=NN=Cc1ccc(OCc2ccc(F)cc2F)cc1)SCc1ccccc1. The lowest BCUT2D eigenvalue weighted by molar-refractivity contribution is 0.299. The average molecular weight is 411 g/mol. The minimum Gasteiger partial charge on any atom is -0.489 e. The molecule has 0 fully saturated rings. The lowest BCUT2D eigenvalue weighted by atomic mass is 10.2. The second kappa shape index (κ2) is 10.4. The zero-order valence-electron chi connectivity index (χ0n) is 15.5. The standard InChI is InChI=1S/C22H19F2N3OS/c23-19-9-8-18(21(24)12-19)14-28-20-10-6-16(7-11-20)13-26-27-22(25)29-15-17-4-2-1-3-5-17/h1-13H,14-15H2,(H2,25,27). The summed E-state index contributed by atoms with van der Waals surface area (Å²) in [5.41, 5.74) is 8.12. The van der Waals surface area contributed by atoms with Crippen LogP contribution in [0.5, 0.6) is 5.75 Å². The van der Waals surface area contributed by atoms with E-state index in [4.69, 9.17) is 10.5 Å². The fourth-order valence-corrected chi connectivity index (χ4v) is 2.97. The molecule has 0 aliphatic rings. The Bertz CT molecular complexity index is 993. The number of rotatable bonds is 7. The Balaban J connectivity index is 1.49. The van der Waals surface area contributed by atoms with Gasteiger partial charge in [-0.15, -0.1) is 5.10 Å². The Hall–Kier alpha value is -3.19. The predicted molar refractivity (Wildman–Crippen MR) is 114 cm³/mol. The van der Waals surface area contributed by atoms with Crippen molar-refractivity contribution in [2.24, 2.45) is 15.9 Å². The smallest absolute Gasteiger partial charge is 0.180 e. The highest BCUT2D eigenvalue weighted by atomic mass is 32.2. The molecule has 0 bridgehead atoms. The first-order valence-electron chi connectivity index (χ1n) is 8.80. The monoisotopic (exact) mass is 411 g/mol. The highest BCUT2D eigenvalue weighted by molar-refractivity contribution is 8.13. The summed E-state index contributed by atoms with van der Waals surface area (Å²) in [5.74, 6) is 0.0464. The normalized spacial score (nSPS) is 11.7. The molecule has 29 heavy (non-hydrogen) atoms. The van der Waals surface area contributed by atoms with Crippen molar-refractivity contribution in [2.75, 3.05) is 0 Å². The number of ether oxygens (including phenoxy) is 1. The van der Waals surface area contributed by atoms with Gasteiger partial charge in [0.15, 0.2) is 5.17 Å². The van der Waals surface area contributed by atoms with Gasteiger partial charge in [0.05, 0.1) is 6.21 Å². The molecule has 0 aliphatic heterocycles. The van der Waals surface area contributed by atoms with Crippen LogP contribution in [0.25, 0.3) is 0 Å². The third-order valence-electron chi connectivity index (χ3n) is 3.88. The third-order valence-corrected chi connectivity index (χ3v) is 4.74. The Morgan fingerprint density at radius 3 is 2.48 bits per heavy atom. The van der Waals surface area contributed by atoms with E-state index in [0.717, 1.165) is 22.9 Å². The van der Waals surface area contributed by atoms with Crippen molar-refractivity contribution in [2.45, 2.75) is 12.4 Å². The first-order valence-corrected chi connectivity index (χ1v) is 9.79. The number of hydrogen-bond donors (Lipinski definition) is 1. The van der Waals surface area contributed by atoms with Crippen LogP contribution in [-0.2, 0) is 12.4 Å². The van der Waals surface area contributed by atoms with Crippen LogP contribution < -0.4 is 10.5 Å². The molecule has 2 N–H and O–H groups in total. The van der Waals surface area contributed by atoms with E-state index in [0.29, 0.717) is 10.9 Å². The van der Waals surface area contributed by atoms with Crippen LogP contribution >= 0.6 is 11.8 Å². The fourth-order valence-electron chi connectivity index (χ4n) is 2.36. The van der Waals surface area contributed by atoms with Crippen LogP contribution in [0.15, 0.2) is 83.0 Å². The lowest BCUT2D eigenvalue weighted by Gasteiger charge is -2.07. The molecule has 3 rings (SSSR count). The molecule has 0 amide bonds. The summed E-state index contributed by atoms with van der Waals surface area (Å²) in [6.45, 7) is 0.0129. The highest BCUT2D eigenvalue weighted by Crippen LogP contribution is 2.16. The molecule has 0 heterocycles. The van der Waals surface area contributed by atoms with Crippen LogP contribution in [0.4, 0.5) is 8.78 Å². The van der Waals surface area contributed by atoms with Gasteiger partial charge in [0.2, 0.25) is 0 Å². The zero-order chi connectivity index (χ0) is 20.5. The van der Waals surface area contributed by atoms with Gasteiger partial charge in [0, 0.05) is 17.4 Å². The first-order chi connectivity index (χ1) is 14.1. The second-order valence-corrected chi connectivity index (χ2v) is 7.05. The summed E-state index contributed by atoms with van der Waals surface area (Å²) in [7, 11) is 0. The number of halogens is 2. The maximum absolute atomic E-state index is 13.6. The fraction of sp³-hybridized carbons (Fsp3) is 0.0909. The maximum Gasteiger partial charge on any atom is 0.180 e. The molecule has 4 nitrogen and oxygen atoms in total. The first kappa shape index (κ1) is 20.5. The van der Waals surface area contributed by atoms with Gasteiger partial charge in [-0.25, -0.2) is 8.78 Å². The van der Waals surface area contributed by atoms with Gasteiger partial charge in [-0.05, 0) is 47.5 Å². The van der Waals surface area contributed by atoms with Crippen molar-refractivity contribution in [1.29, 1.82) is 0 Å². The molecule has 0 radical (unpaired) electrons. The van der Waals surface area contributed by atoms with E-state index in [1.54, 1.807) is 30.5 Å². The summed E-state index contributed by atoms with van der Waals surface area (Å²) in [6.07, 6.45) is 1.58. The van der Waals surface area contributed by atoms with Crippen molar-refractivity contribution in [3.05, 3.63) is 101 Å². The van der Waals surface area contributed by atoms with Crippen molar-refractivity contribution in [3.8, 4) is 5.75 Å². The summed E-state index contributed by atoms with van der Waals surface area (Å²) in [5, 5.41) is 8.34. The van der Waals surface area contributed by atoms with Crippen LogP contribution in [0.2, 0.25) is 0 Å². The maximum atomic E-state index is 13.6. The van der Waals surface area contributed by atoms with Gasteiger partial charge < -0.3 is 10.5 Å². The van der Waals surface area contributed by atoms with Gasteiger partial charge in [0.25, 0.3) is 0 Å². The molecular formula is C22H19F2N3OS. The van der Waals surface area contributed by atoms with Crippen LogP contribution in [0.3, 0.4) is 0 Å². The molecule has 148 valence electrons. The molecule has 0 aliphatic carbocycles. The Labute approximate surface area is 172 Å². The Morgan fingerprint density at radius 1 is 1.00 bits per heavy atom. The quantitative estimate of drug-likeness (QED) is 0.333. The molecule has 0 saturated heterocycles. The number of hydrogen-bond acceptors (Lipinski definition) is 4. The molecule has 0 spiro atoms. The largest absolute Gasteiger partial charge is 0.489 e. The van der Waals surface area contributed by atoms with E-state index >= 15 is 0 Å². The van der Waals surface area contributed by atoms with Crippen molar-refractivity contribution >= 4 is 23.1 Å². The van der Waals surface area contributed by atoms with Crippen molar-refractivity contribution in [1.82, 2.24) is 0 Å². The van der Waals surface area contributed by atoms with E-state index in [1.807, 2.05) is 30.3 Å². The summed E-state index contributed by atoms with van der Waals surface area (Å²) >= 11 is 1.41. The second-order valence-electron chi connectivity index (χ2n) is 6.05. The van der Waals surface area contributed by atoms with Gasteiger partial charge in [-0.1, -0.05) is 42.1 Å². The topological polar surface area (TPSA) is 60.0 Å². The molecule has 0 unspecified atom stereocenters.